The topological polar surface area (TPSA) is 130 Å². The number of aliphatic hydroxyl groups is 1. The molecule has 0 radical (unpaired) electrons. The summed E-state index contributed by atoms with van der Waals surface area (Å²) in [7, 11) is -3.61. The van der Waals surface area contributed by atoms with Crippen molar-refractivity contribution < 1.29 is 28.2 Å². The molecule has 0 aromatic heterocycles. The van der Waals surface area contributed by atoms with Gasteiger partial charge >= 0.3 is 5.97 Å². The lowest BCUT2D eigenvalue weighted by atomic mass is 9.68. The number of halogens is 1. The number of allylic oxidation sites excluding steroid dienone is 1. The molecule has 10 heteroatoms. The van der Waals surface area contributed by atoms with E-state index in [1.807, 2.05) is 19.1 Å². The van der Waals surface area contributed by atoms with Gasteiger partial charge in [0.25, 0.3) is 0 Å². The van der Waals surface area contributed by atoms with Crippen LogP contribution in [0, 0.1) is 17.8 Å². The molecule has 1 spiro atoms. The highest BCUT2D eigenvalue weighted by Gasteiger charge is 2.44. The highest BCUT2D eigenvalue weighted by Crippen LogP contribution is 2.46. The van der Waals surface area contributed by atoms with Crippen LogP contribution in [-0.4, -0.2) is 55.7 Å². The molecule has 42 heavy (non-hydrogen) atoms. The summed E-state index contributed by atoms with van der Waals surface area (Å²) in [6.07, 6.45) is 8.27. The summed E-state index contributed by atoms with van der Waals surface area (Å²) in [5, 5.41) is 26.2. The van der Waals surface area contributed by atoms with Crippen molar-refractivity contribution in [2.45, 2.75) is 69.1 Å². The fraction of sp³-hybridized carbons (Fsp3) is 0.531. The van der Waals surface area contributed by atoms with Gasteiger partial charge in [0.2, 0.25) is 10.0 Å². The Hall–Kier alpha value is -2.59. The Balaban J connectivity index is 1.38. The molecular weight excluding hydrogens is 576 g/mol. The monoisotopic (exact) mass is 616 g/mol. The van der Waals surface area contributed by atoms with Crippen LogP contribution in [0.25, 0.3) is 0 Å². The van der Waals surface area contributed by atoms with E-state index in [2.05, 4.69) is 17.0 Å². The number of aromatic carboxylic acids is 1. The number of rotatable bonds is 9. The predicted octanol–water partition coefficient (Wildman–Crippen LogP) is 5.16. The largest absolute Gasteiger partial charge is 0.490 e. The predicted molar refractivity (Wildman–Crippen MR) is 165 cm³/mol. The summed E-state index contributed by atoms with van der Waals surface area (Å²) < 4.78 is 29.8. The van der Waals surface area contributed by atoms with Crippen LogP contribution < -0.4 is 14.8 Å². The number of ether oxygens (including phenoxy) is 1. The minimum atomic E-state index is -3.61. The lowest BCUT2D eigenvalue weighted by molar-refractivity contribution is 0.0456. The van der Waals surface area contributed by atoms with Crippen LogP contribution in [0.1, 0.15) is 67.4 Å². The number of aliphatic hydroxyl groups excluding tert-OH is 1. The number of hydrogen-bond acceptors (Lipinski definition) is 6. The van der Waals surface area contributed by atoms with Gasteiger partial charge in [-0.2, -0.15) is 0 Å². The molecule has 5 rings (SSSR count). The number of fused-ring (bicyclic) bond motifs is 3. The molecule has 3 aliphatic rings. The van der Waals surface area contributed by atoms with Crippen LogP contribution in [0.4, 0.5) is 5.69 Å². The normalized spacial score (nSPS) is 26.0. The molecular formula is C32H41ClN2O6S. The van der Waals surface area contributed by atoms with Gasteiger partial charge in [-0.3, -0.25) is 0 Å². The number of benzene rings is 2. The Bertz CT molecular complexity index is 1460. The third-order valence-corrected chi connectivity index (χ3v) is 11.6. The Morgan fingerprint density at radius 2 is 2.02 bits per heavy atom. The fourth-order valence-electron chi connectivity index (χ4n) is 6.89. The van der Waals surface area contributed by atoms with Crippen LogP contribution in [0.15, 0.2) is 48.6 Å². The van der Waals surface area contributed by atoms with Crippen molar-refractivity contribution in [3.63, 3.8) is 0 Å². The highest BCUT2D eigenvalue weighted by molar-refractivity contribution is 7.89. The number of sulfonamides is 1. The van der Waals surface area contributed by atoms with Gasteiger partial charge in [-0.05, 0) is 105 Å². The quantitative estimate of drug-likeness (QED) is 0.332. The number of carboxylic acid groups (broad SMARTS) is 1. The molecule has 1 aliphatic heterocycles. The standard InChI is InChI=1S/C32H41ClN2O6S/c1-20(21(2)42(34,39)40)5-3-7-29(36)26-11-8-24(26)17-35-18-32(14-4-6-22-15-25(33)10-12-27(22)32)19-41-30-13-9-23(31(37)38)16-28(30)35/h3,7,9-10,12-13,15-16,20-21,24,26,29,36H,4-6,8,11,14,17-19H2,1-2H3,(H,37,38)(H2,34,39,40)/b7-3+/t20-,21-,24+,26-,29+,32+/m1/s1. The number of hydrogen-bond donors (Lipinski definition) is 3. The summed E-state index contributed by atoms with van der Waals surface area (Å²) in [4.78, 5) is 14.2. The van der Waals surface area contributed by atoms with Gasteiger partial charge < -0.3 is 19.8 Å². The molecule has 0 bridgehead atoms. The first-order valence-corrected chi connectivity index (χ1v) is 16.8. The zero-order valence-electron chi connectivity index (χ0n) is 24.2. The van der Waals surface area contributed by atoms with Gasteiger partial charge in [0.15, 0.2) is 0 Å². The van der Waals surface area contributed by atoms with Crippen molar-refractivity contribution in [1.82, 2.24) is 0 Å². The summed E-state index contributed by atoms with van der Waals surface area (Å²) in [5.74, 6) is -0.220. The van der Waals surface area contributed by atoms with Crippen molar-refractivity contribution in [3.05, 3.63) is 70.3 Å². The lowest BCUT2D eigenvalue weighted by Crippen LogP contribution is -2.49. The SMILES string of the molecule is C[C@H](C/C=C/[C@H](O)[C@@H]1CC[C@H]1CN1C[C@@]2(CCCc3cc(Cl)ccc32)COc2ccc(C(=O)O)cc21)[C@@H](C)S(N)(=O)=O. The van der Waals surface area contributed by atoms with E-state index in [0.29, 0.717) is 31.9 Å². The first-order valence-electron chi connectivity index (χ1n) is 14.8. The van der Waals surface area contributed by atoms with Gasteiger partial charge in [-0.25, -0.2) is 18.4 Å². The Kier molecular flexibility index (Phi) is 8.95. The summed E-state index contributed by atoms with van der Waals surface area (Å²) in [6.45, 7) is 5.28. The third-order valence-electron chi connectivity index (χ3n) is 9.81. The van der Waals surface area contributed by atoms with Gasteiger partial charge in [0, 0.05) is 23.5 Å². The van der Waals surface area contributed by atoms with Crippen molar-refractivity contribution in [2.24, 2.45) is 22.9 Å². The second-order valence-electron chi connectivity index (χ2n) is 12.5. The van der Waals surface area contributed by atoms with E-state index < -0.39 is 27.3 Å². The van der Waals surface area contributed by atoms with E-state index >= 15 is 0 Å². The smallest absolute Gasteiger partial charge is 0.335 e. The first kappa shape index (κ1) is 30.9. The van der Waals surface area contributed by atoms with Crippen LogP contribution in [-0.2, 0) is 21.9 Å². The molecule has 1 fully saturated rings. The van der Waals surface area contributed by atoms with Gasteiger partial charge in [0.1, 0.15) is 5.75 Å². The molecule has 2 aromatic carbocycles. The Labute approximate surface area is 253 Å². The second kappa shape index (κ2) is 12.2. The average Bonchev–Trinajstić information content (AvgIpc) is 3.07. The maximum Gasteiger partial charge on any atom is 0.335 e. The molecule has 2 aromatic rings. The molecule has 4 N–H and O–H groups in total. The number of carbonyl (C=O) groups is 1. The minimum Gasteiger partial charge on any atom is -0.490 e. The number of carboxylic acids is 1. The average molecular weight is 617 g/mol. The van der Waals surface area contributed by atoms with Crippen LogP contribution in [0.3, 0.4) is 0 Å². The van der Waals surface area contributed by atoms with E-state index in [-0.39, 0.29) is 28.7 Å². The van der Waals surface area contributed by atoms with Gasteiger partial charge in [-0.15, -0.1) is 0 Å². The molecule has 1 saturated carbocycles. The first-order chi connectivity index (χ1) is 19.9. The summed E-state index contributed by atoms with van der Waals surface area (Å²) in [6, 6.07) is 11.2. The van der Waals surface area contributed by atoms with Crippen LogP contribution in [0.2, 0.25) is 5.02 Å². The lowest BCUT2D eigenvalue weighted by Gasteiger charge is -2.45. The molecule has 6 atom stereocenters. The summed E-state index contributed by atoms with van der Waals surface area (Å²) in [5.41, 5.74) is 3.20. The fourth-order valence-corrected chi connectivity index (χ4v) is 7.85. The maximum atomic E-state index is 11.9. The third kappa shape index (κ3) is 6.34. The molecule has 1 heterocycles. The number of nitrogens with zero attached hydrogens (tertiary/aromatic N) is 1. The Morgan fingerprint density at radius 1 is 1.24 bits per heavy atom. The molecule has 8 nitrogen and oxygen atoms in total. The molecule has 0 amide bonds. The van der Waals surface area contributed by atoms with Crippen LogP contribution >= 0.6 is 11.6 Å². The van der Waals surface area contributed by atoms with E-state index in [4.69, 9.17) is 21.5 Å². The number of nitrogens with two attached hydrogens (primary N) is 1. The van der Waals surface area contributed by atoms with Gasteiger partial charge in [0.05, 0.1) is 29.2 Å². The zero-order valence-corrected chi connectivity index (χ0v) is 25.8. The number of anilines is 1. The zero-order chi connectivity index (χ0) is 30.2. The van der Waals surface area contributed by atoms with E-state index in [0.717, 1.165) is 42.8 Å². The Morgan fingerprint density at radius 3 is 2.71 bits per heavy atom. The maximum absolute atomic E-state index is 11.9. The van der Waals surface area contributed by atoms with Crippen molar-refractivity contribution in [1.29, 1.82) is 0 Å². The van der Waals surface area contributed by atoms with E-state index in [1.54, 1.807) is 31.2 Å². The molecule has 0 saturated heterocycles. The number of aryl methyl sites for hydroxylation is 1. The van der Waals surface area contributed by atoms with Crippen molar-refractivity contribution >= 4 is 33.3 Å². The number of primary sulfonamides is 1. The molecule has 228 valence electrons. The van der Waals surface area contributed by atoms with E-state index in [1.165, 1.54) is 11.1 Å². The van der Waals surface area contributed by atoms with Crippen molar-refractivity contribution in [3.8, 4) is 5.75 Å². The molecule has 0 unspecified atom stereocenters. The van der Waals surface area contributed by atoms with Crippen molar-refractivity contribution in [2.75, 3.05) is 24.6 Å². The molecule has 2 aliphatic carbocycles. The van der Waals surface area contributed by atoms with Gasteiger partial charge in [-0.1, -0.05) is 36.7 Å². The summed E-state index contributed by atoms with van der Waals surface area (Å²) >= 11 is 6.36. The van der Waals surface area contributed by atoms with E-state index in [9.17, 15) is 23.4 Å². The van der Waals surface area contributed by atoms with Crippen LogP contribution in [0.5, 0.6) is 5.75 Å². The minimum absolute atomic E-state index is 0.0518. The highest BCUT2D eigenvalue weighted by atomic mass is 35.5. The second-order valence-corrected chi connectivity index (χ2v) is 14.9.